The van der Waals surface area contributed by atoms with E-state index >= 15 is 0 Å². The van der Waals surface area contributed by atoms with Gasteiger partial charge in [-0.1, -0.05) is 30.3 Å². The van der Waals surface area contributed by atoms with Gasteiger partial charge in [-0.25, -0.2) is 9.18 Å². The molecule has 3 aromatic carbocycles. The molecule has 0 aliphatic rings. The average molecular weight is 489 g/mol. The van der Waals surface area contributed by atoms with Gasteiger partial charge in [0.1, 0.15) is 12.4 Å². The number of hydrogen-bond acceptors (Lipinski definition) is 4. The number of aromatic carboxylic acids is 1. The Morgan fingerprint density at radius 1 is 1.00 bits per heavy atom. The van der Waals surface area contributed by atoms with Crippen LogP contribution >= 0.6 is 0 Å². The van der Waals surface area contributed by atoms with Crippen LogP contribution < -0.4 is 14.8 Å². The van der Waals surface area contributed by atoms with E-state index in [1.807, 2.05) is 30.3 Å². The van der Waals surface area contributed by atoms with Gasteiger partial charge in [0.05, 0.1) is 18.2 Å². The summed E-state index contributed by atoms with van der Waals surface area (Å²) in [5, 5.41) is 12.5. The van der Waals surface area contributed by atoms with Crippen LogP contribution in [0.2, 0.25) is 0 Å². The Balaban J connectivity index is 1.54. The van der Waals surface area contributed by atoms with E-state index in [2.05, 4.69) is 5.32 Å². The van der Waals surface area contributed by atoms with Gasteiger partial charge in [0, 0.05) is 29.7 Å². The molecule has 36 heavy (non-hydrogen) atoms. The van der Waals surface area contributed by atoms with Crippen molar-refractivity contribution in [1.82, 2.24) is 4.57 Å². The molecule has 0 aliphatic heterocycles. The Labute approximate surface area is 207 Å². The lowest BCUT2D eigenvalue weighted by molar-refractivity contribution is 0.0697. The first-order valence-corrected chi connectivity index (χ1v) is 11.1. The van der Waals surface area contributed by atoms with Gasteiger partial charge in [-0.2, -0.15) is 0 Å². The van der Waals surface area contributed by atoms with Crippen molar-refractivity contribution in [2.45, 2.75) is 13.5 Å². The second-order valence-corrected chi connectivity index (χ2v) is 8.18. The van der Waals surface area contributed by atoms with Crippen molar-refractivity contribution in [3.05, 3.63) is 101 Å². The molecule has 0 atom stereocenters. The highest BCUT2D eigenvalue weighted by molar-refractivity contribution is 6.06. The summed E-state index contributed by atoms with van der Waals surface area (Å²) in [4.78, 5) is 24.9. The van der Waals surface area contributed by atoms with E-state index in [1.165, 1.54) is 7.11 Å². The number of carbonyl (C=O) groups excluding carboxylic acids is 1. The maximum atomic E-state index is 14.4. The summed E-state index contributed by atoms with van der Waals surface area (Å²) in [6, 6.07) is 20.6. The van der Waals surface area contributed by atoms with Crippen LogP contribution in [0.3, 0.4) is 0 Å². The van der Waals surface area contributed by atoms with Crippen LogP contribution in [-0.4, -0.2) is 28.7 Å². The van der Waals surface area contributed by atoms with Crippen LogP contribution in [0.1, 0.15) is 32.0 Å². The molecule has 0 aliphatic carbocycles. The summed E-state index contributed by atoms with van der Waals surface area (Å²) in [5.74, 6) is -1.81. The number of benzene rings is 3. The van der Waals surface area contributed by atoms with Gasteiger partial charge in [-0.3, -0.25) is 4.79 Å². The monoisotopic (exact) mass is 488 g/mol. The second-order valence-electron chi connectivity index (χ2n) is 8.18. The lowest BCUT2D eigenvalue weighted by Crippen LogP contribution is -2.12. The van der Waals surface area contributed by atoms with Crippen molar-refractivity contribution in [3.8, 4) is 22.8 Å². The lowest BCUT2D eigenvalue weighted by Gasteiger charge is -2.11. The number of halogens is 1. The normalized spacial score (nSPS) is 10.7. The molecule has 0 spiro atoms. The van der Waals surface area contributed by atoms with Gasteiger partial charge < -0.3 is 24.5 Å². The molecule has 0 fully saturated rings. The number of rotatable bonds is 8. The quantitative estimate of drug-likeness (QED) is 0.333. The van der Waals surface area contributed by atoms with Crippen molar-refractivity contribution in [3.63, 3.8) is 0 Å². The molecule has 0 saturated carbocycles. The molecule has 2 N–H and O–H groups in total. The molecule has 1 aromatic heterocycles. The van der Waals surface area contributed by atoms with E-state index in [0.717, 1.165) is 17.7 Å². The summed E-state index contributed by atoms with van der Waals surface area (Å²) in [6.07, 6.45) is 0. The largest absolute Gasteiger partial charge is 0.494 e. The predicted molar refractivity (Wildman–Crippen MR) is 134 cm³/mol. The molecule has 0 unspecified atom stereocenters. The molecular formula is C28H25FN2O5. The van der Waals surface area contributed by atoms with E-state index in [-0.39, 0.29) is 22.8 Å². The molecule has 1 heterocycles. The Hall–Kier alpha value is -4.59. The molecule has 0 bridgehead atoms. The first-order valence-electron chi connectivity index (χ1n) is 11.1. The number of carboxylic acids is 1. The highest BCUT2D eigenvalue weighted by Gasteiger charge is 2.23. The highest BCUT2D eigenvalue weighted by atomic mass is 19.1. The maximum Gasteiger partial charge on any atom is 0.336 e. The highest BCUT2D eigenvalue weighted by Crippen LogP contribution is 2.33. The average Bonchev–Trinajstić information content (AvgIpc) is 3.18. The van der Waals surface area contributed by atoms with E-state index in [9.17, 15) is 19.1 Å². The summed E-state index contributed by atoms with van der Waals surface area (Å²) >= 11 is 0. The SMILES string of the molecule is COc1cc(C(=O)O)c(-c2cc(C(=O)Nc3ccc(OCc4ccccc4)cc3)c(C)n2C)cc1F. The predicted octanol–water partition coefficient (Wildman–Crippen LogP) is 5.68. The Morgan fingerprint density at radius 2 is 1.69 bits per heavy atom. The third-order valence-electron chi connectivity index (χ3n) is 5.94. The summed E-state index contributed by atoms with van der Waals surface area (Å²) in [6.45, 7) is 2.17. The Morgan fingerprint density at radius 3 is 2.33 bits per heavy atom. The molecule has 0 radical (unpaired) electrons. The fourth-order valence-corrected chi connectivity index (χ4v) is 3.86. The van der Waals surface area contributed by atoms with Crippen molar-refractivity contribution in [2.75, 3.05) is 12.4 Å². The first kappa shape index (κ1) is 24.5. The summed E-state index contributed by atoms with van der Waals surface area (Å²) in [7, 11) is 2.95. The smallest absolute Gasteiger partial charge is 0.336 e. The first-order chi connectivity index (χ1) is 17.3. The minimum absolute atomic E-state index is 0.133. The van der Waals surface area contributed by atoms with Gasteiger partial charge in [-0.05, 0) is 55.0 Å². The number of ether oxygens (including phenoxy) is 2. The van der Waals surface area contributed by atoms with Crippen LogP contribution in [0.4, 0.5) is 10.1 Å². The number of methoxy groups -OCH3 is 1. The molecular weight excluding hydrogens is 463 g/mol. The Bertz CT molecular complexity index is 1410. The minimum Gasteiger partial charge on any atom is -0.494 e. The lowest BCUT2D eigenvalue weighted by atomic mass is 10.0. The number of aromatic nitrogens is 1. The fourth-order valence-electron chi connectivity index (χ4n) is 3.86. The van der Waals surface area contributed by atoms with Crippen LogP contribution in [0, 0.1) is 12.7 Å². The topological polar surface area (TPSA) is 89.8 Å². The fraction of sp³-hybridized carbons (Fsp3) is 0.143. The Kier molecular flexibility index (Phi) is 7.05. The van der Waals surface area contributed by atoms with E-state index in [0.29, 0.717) is 35.0 Å². The molecule has 0 saturated heterocycles. The molecule has 4 rings (SSSR count). The minimum atomic E-state index is -1.23. The summed E-state index contributed by atoms with van der Waals surface area (Å²) in [5.41, 5.74) is 2.95. The number of nitrogens with one attached hydrogen (secondary N) is 1. The third kappa shape index (κ3) is 5.07. The molecule has 1 amide bonds. The summed E-state index contributed by atoms with van der Waals surface area (Å²) < 4.78 is 26.8. The van der Waals surface area contributed by atoms with Gasteiger partial charge in [0.2, 0.25) is 0 Å². The van der Waals surface area contributed by atoms with Crippen molar-refractivity contribution in [1.29, 1.82) is 0 Å². The molecule has 184 valence electrons. The van der Waals surface area contributed by atoms with E-state index in [4.69, 9.17) is 9.47 Å². The van der Waals surface area contributed by atoms with Crippen molar-refractivity contribution in [2.24, 2.45) is 7.05 Å². The number of hydrogen-bond donors (Lipinski definition) is 2. The van der Waals surface area contributed by atoms with E-state index < -0.39 is 11.8 Å². The van der Waals surface area contributed by atoms with Crippen LogP contribution in [0.25, 0.3) is 11.3 Å². The van der Waals surface area contributed by atoms with Crippen molar-refractivity contribution >= 4 is 17.6 Å². The number of anilines is 1. The van der Waals surface area contributed by atoms with Gasteiger partial charge in [-0.15, -0.1) is 0 Å². The van der Waals surface area contributed by atoms with Gasteiger partial charge in [0.15, 0.2) is 11.6 Å². The van der Waals surface area contributed by atoms with Gasteiger partial charge >= 0.3 is 5.97 Å². The number of carbonyl (C=O) groups is 2. The number of nitrogens with zero attached hydrogens (tertiary/aromatic N) is 1. The molecule has 7 nitrogen and oxygen atoms in total. The maximum absolute atomic E-state index is 14.4. The van der Waals surface area contributed by atoms with Crippen LogP contribution in [-0.2, 0) is 13.7 Å². The van der Waals surface area contributed by atoms with E-state index in [1.54, 1.807) is 48.9 Å². The standard InChI is InChI=1S/C28H25FN2O5/c1-17-21(14-25(31(17)2)22-13-24(29)26(35-3)15-23(22)28(33)34)27(32)30-19-9-11-20(12-10-19)36-16-18-7-5-4-6-8-18/h4-15H,16H2,1-3H3,(H,30,32)(H,33,34). The van der Waals surface area contributed by atoms with Crippen LogP contribution in [0.5, 0.6) is 11.5 Å². The number of carboxylic acid groups (broad SMARTS) is 1. The molecule has 4 aromatic rings. The zero-order chi connectivity index (χ0) is 25.8. The zero-order valence-corrected chi connectivity index (χ0v) is 20.0. The van der Waals surface area contributed by atoms with Gasteiger partial charge in [0.25, 0.3) is 5.91 Å². The van der Waals surface area contributed by atoms with Crippen LogP contribution in [0.15, 0.2) is 72.8 Å². The second kappa shape index (κ2) is 10.4. The number of amides is 1. The zero-order valence-electron chi connectivity index (χ0n) is 20.0. The van der Waals surface area contributed by atoms with Crippen molar-refractivity contribution < 1.29 is 28.6 Å². The third-order valence-corrected chi connectivity index (χ3v) is 5.94. The molecule has 8 heteroatoms.